The van der Waals surface area contributed by atoms with Gasteiger partial charge in [-0.25, -0.2) is 9.78 Å². The van der Waals surface area contributed by atoms with E-state index in [1.165, 1.54) is 11.3 Å². The quantitative estimate of drug-likeness (QED) is 0.828. The first kappa shape index (κ1) is 17.2. The lowest BCUT2D eigenvalue weighted by Crippen LogP contribution is -2.38. The maximum atomic E-state index is 11.8. The van der Waals surface area contributed by atoms with Gasteiger partial charge >= 0.3 is 12.3 Å². The van der Waals surface area contributed by atoms with Gasteiger partial charge in [-0.2, -0.15) is 13.2 Å². The fourth-order valence-corrected chi connectivity index (χ4v) is 1.91. The maximum absolute atomic E-state index is 11.8. The van der Waals surface area contributed by atoms with E-state index in [9.17, 15) is 22.8 Å². The first-order valence-electron chi connectivity index (χ1n) is 5.91. The van der Waals surface area contributed by atoms with E-state index in [1.54, 1.807) is 0 Å². The van der Waals surface area contributed by atoms with Crippen molar-refractivity contribution in [1.82, 2.24) is 15.6 Å². The molecule has 2 N–H and O–H groups in total. The molecule has 0 bridgehead atoms. The van der Waals surface area contributed by atoms with E-state index in [-0.39, 0.29) is 0 Å². The molecule has 0 radical (unpaired) electrons. The Labute approximate surface area is 122 Å². The molecule has 1 aromatic rings. The average Bonchev–Trinajstić information content (AvgIpc) is 2.79. The zero-order chi connectivity index (χ0) is 15.9. The third-order valence-corrected chi connectivity index (χ3v) is 2.95. The normalized spacial score (nSPS) is 11.0. The molecule has 2 amide bonds. The Morgan fingerprint density at radius 1 is 1.38 bits per heavy atom. The fourth-order valence-electron chi connectivity index (χ4n) is 1.27. The average molecular weight is 325 g/mol. The molecule has 0 unspecified atom stereocenters. The van der Waals surface area contributed by atoms with Crippen molar-refractivity contribution in [3.05, 3.63) is 16.1 Å². The van der Waals surface area contributed by atoms with E-state index in [0.717, 1.165) is 10.7 Å². The topological polar surface area (TPSA) is 80.3 Å². The minimum Gasteiger partial charge on any atom is -0.440 e. The van der Waals surface area contributed by atoms with Gasteiger partial charge in [0, 0.05) is 18.3 Å². The van der Waals surface area contributed by atoms with Crippen LogP contribution in [0, 0.1) is 6.92 Å². The van der Waals surface area contributed by atoms with Crippen LogP contribution in [0.4, 0.5) is 18.0 Å². The molecule has 0 aromatic carbocycles. The number of nitrogens with one attached hydrogen (secondary N) is 2. The highest BCUT2D eigenvalue weighted by atomic mass is 32.1. The van der Waals surface area contributed by atoms with Crippen LogP contribution >= 0.6 is 11.3 Å². The highest BCUT2D eigenvalue weighted by Crippen LogP contribution is 2.14. The largest absolute Gasteiger partial charge is 0.440 e. The molecule has 1 rings (SSSR count). The number of carbonyl (C=O) groups is 2. The van der Waals surface area contributed by atoms with Crippen LogP contribution in [-0.4, -0.2) is 42.9 Å². The van der Waals surface area contributed by atoms with E-state index < -0.39 is 31.3 Å². The van der Waals surface area contributed by atoms with Crippen LogP contribution < -0.4 is 10.6 Å². The number of nitrogens with zero attached hydrogens (tertiary/aromatic N) is 1. The minimum absolute atomic E-state index is 0.321. The number of carbonyl (C=O) groups excluding carboxylic acids is 2. The zero-order valence-corrected chi connectivity index (χ0v) is 11.9. The Kier molecular flexibility index (Phi) is 6.40. The standard InChI is InChI=1S/C11H14F3N3O3S/c1-7-17-8(5-21-7)2-3-15-9(18)4-16-10(19)20-6-11(12,13)14/h5H,2-4,6H2,1H3,(H,15,18)(H,16,19). The molecule has 10 heteroatoms. The van der Waals surface area contributed by atoms with Gasteiger partial charge in [-0.15, -0.1) is 11.3 Å². The first-order chi connectivity index (χ1) is 9.76. The number of hydrogen-bond acceptors (Lipinski definition) is 5. The summed E-state index contributed by atoms with van der Waals surface area (Å²) >= 11 is 1.50. The molecule has 0 aliphatic heterocycles. The van der Waals surface area contributed by atoms with E-state index in [4.69, 9.17) is 0 Å². The van der Waals surface area contributed by atoms with Crippen LogP contribution in [0.5, 0.6) is 0 Å². The Morgan fingerprint density at radius 2 is 2.10 bits per heavy atom. The summed E-state index contributed by atoms with van der Waals surface area (Å²) in [6.07, 6.45) is -5.35. The van der Waals surface area contributed by atoms with Crippen LogP contribution in [0.3, 0.4) is 0 Å². The number of rotatable bonds is 6. The van der Waals surface area contributed by atoms with Crippen molar-refractivity contribution >= 4 is 23.3 Å². The van der Waals surface area contributed by atoms with Crippen molar-refractivity contribution in [3.63, 3.8) is 0 Å². The molecule has 0 saturated carbocycles. The Hall–Kier alpha value is -1.84. The Bertz CT molecular complexity index is 491. The summed E-state index contributed by atoms with van der Waals surface area (Å²) in [5, 5.41) is 7.21. The SMILES string of the molecule is Cc1nc(CCNC(=O)CNC(=O)OCC(F)(F)F)cs1. The van der Waals surface area contributed by atoms with Gasteiger partial charge < -0.3 is 15.4 Å². The second kappa shape index (κ2) is 7.81. The summed E-state index contributed by atoms with van der Waals surface area (Å²) in [5.74, 6) is -0.522. The number of alkyl halides is 3. The summed E-state index contributed by atoms with van der Waals surface area (Å²) in [5.41, 5.74) is 0.843. The molecule has 0 aliphatic carbocycles. The number of thiazole rings is 1. The molecule has 0 atom stereocenters. The fraction of sp³-hybridized carbons (Fsp3) is 0.545. The lowest BCUT2D eigenvalue weighted by atomic mass is 10.3. The molecule has 1 aromatic heterocycles. The van der Waals surface area contributed by atoms with Gasteiger partial charge in [0.15, 0.2) is 6.61 Å². The van der Waals surface area contributed by atoms with Gasteiger partial charge in [-0.1, -0.05) is 0 Å². The number of aryl methyl sites for hydroxylation is 1. The molecule has 21 heavy (non-hydrogen) atoms. The molecule has 1 heterocycles. The summed E-state index contributed by atoms with van der Waals surface area (Å²) in [7, 11) is 0. The highest BCUT2D eigenvalue weighted by molar-refractivity contribution is 7.09. The predicted molar refractivity (Wildman–Crippen MR) is 69.0 cm³/mol. The van der Waals surface area contributed by atoms with Gasteiger partial charge in [0.25, 0.3) is 0 Å². The van der Waals surface area contributed by atoms with E-state index in [2.05, 4.69) is 15.0 Å². The van der Waals surface area contributed by atoms with Crippen LogP contribution in [0.2, 0.25) is 0 Å². The lowest BCUT2D eigenvalue weighted by Gasteiger charge is -2.09. The monoisotopic (exact) mass is 325 g/mol. The number of alkyl carbamates (subject to hydrolysis) is 1. The van der Waals surface area contributed by atoms with Gasteiger partial charge in [-0.05, 0) is 6.92 Å². The van der Waals surface area contributed by atoms with Crippen LogP contribution in [0.1, 0.15) is 10.7 Å². The Morgan fingerprint density at radius 3 is 2.67 bits per heavy atom. The maximum Gasteiger partial charge on any atom is 0.422 e. The first-order valence-corrected chi connectivity index (χ1v) is 6.79. The number of aromatic nitrogens is 1. The number of halogens is 3. The van der Waals surface area contributed by atoms with Crippen LogP contribution in [0.15, 0.2) is 5.38 Å². The summed E-state index contributed by atoms with van der Waals surface area (Å²) in [6.45, 7) is 0.0426. The number of hydrogen-bond donors (Lipinski definition) is 2. The molecule has 0 aliphatic rings. The Balaban J connectivity index is 2.12. The van der Waals surface area contributed by atoms with Gasteiger partial charge in [-0.3, -0.25) is 4.79 Å². The van der Waals surface area contributed by atoms with Crippen molar-refractivity contribution < 1.29 is 27.5 Å². The van der Waals surface area contributed by atoms with E-state index in [0.29, 0.717) is 13.0 Å². The molecule has 6 nitrogen and oxygen atoms in total. The molecular weight excluding hydrogens is 311 g/mol. The van der Waals surface area contributed by atoms with Crippen LogP contribution in [0.25, 0.3) is 0 Å². The summed E-state index contributed by atoms with van der Waals surface area (Å²) in [6, 6.07) is 0. The van der Waals surface area contributed by atoms with Crippen molar-refractivity contribution in [3.8, 4) is 0 Å². The smallest absolute Gasteiger partial charge is 0.422 e. The molecule has 0 fully saturated rings. The molecular formula is C11H14F3N3O3S. The van der Waals surface area contributed by atoms with Crippen molar-refractivity contribution in [2.75, 3.05) is 19.7 Å². The van der Waals surface area contributed by atoms with Gasteiger partial charge in [0.1, 0.15) is 0 Å². The minimum atomic E-state index is -4.59. The second-order valence-corrected chi connectivity index (χ2v) is 5.06. The highest BCUT2D eigenvalue weighted by Gasteiger charge is 2.29. The van der Waals surface area contributed by atoms with Gasteiger partial charge in [0.05, 0.1) is 17.2 Å². The molecule has 0 saturated heterocycles. The third-order valence-electron chi connectivity index (χ3n) is 2.13. The third kappa shape index (κ3) is 8.12. The zero-order valence-electron chi connectivity index (χ0n) is 11.1. The van der Waals surface area contributed by atoms with Crippen molar-refractivity contribution in [1.29, 1.82) is 0 Å². The van der Waals surface area contributed by atoms with Crippen molar-refractivity contribution in [2.45, 2.75) is 19.5 Å². The van der Waals surface area contributed by atoms with E-state index >= 15 is 0 Å². The molecule has 0 spiro atoms. The van der Waals surface area contributed by atoms with E-state index in [1.807, 2.05) is 17.6 Å². The summed E-state index contributed by atoms with van der Waals surface area (Å²) in [4.78, 5) is 26.4. The van der Waals surface area contributed by atoms with Crippen LogP contribution in [-0.2, 0) is 16.0 Å². The number of ether oxygens (including phenoxy) is 1. The lowest BCUT2D eigenvalue weighted by molar-refractivity contribution is -0.160. The van der Waals surface area contributed by atoms with Crippen molar-refractivity contribution in [2.24, 2.45) is 0 Å². The van der Waals surface area contributed by atoms with Gasteiger partial charge in [0.2, 0.25) is 5.91 Å². The number of amides is 2. The summed E-state index contributed by atoms with van der Waals surface area (Å²) < 4.78 is 39.1. The second-order valence-electron chi connectivity index (χ2n) is 4.00. The predicted octanol–water partition coefficient (Wildman–Crippen LogP) is 1.40. The molecule has 118 valence electrons.